The lowest BCUT2D eigenvalue weighted by Gasteiger charge is -2.11. The summed E-state index contributed by atoms with van der Waals surface area (Å²) >= 11 is 3.04. The fraction of sp³-hybridized carbons (Fsp3) is 0.417. The van der Waals surface area contributed by atoms with Crippen molar-refractivity contribution in [2.45, 2.75) is 18.9 Å². The topological polar surface area (TPSA) is 55.1 Å². The van der Waals surface area contributed by atoms with E-state index in [1.54, 1.807) is 6.07 Å². The van der Waals surface area contributed by atoms with Crippen LogP contribution in [-0.4, -0.2) is 18.5 Å². The third-order valence-corrected chi connectivity index (χ3v) is 3.55. The number of carbonyl (C=O) groups excluding carboxylic acids is 1. The maximum atomic E-state index is 13.2. The highest BCUT2D eigenvalue weighted by molar-refractivity contribution is 9.10. The molecule has 1 atom stereocenters. The molecule has 1 aliphatic rings. The van der Waals surface area contributed by atoms with Crippen LogP contribution in [0.2, 0.25) is 0 Å². The third-order valence-electron chi connectivity index (χ3n) is 2.91. The zero-order chi connectivity index (χ0) is 12.4. The van der Waals surface area contributed by atoms with Crippen LogP contribution in [0.3, 0.4) is 0 Å². The SMILES string of the molecule is Cl.NC(CNC(=O)c1ccc(Br)c(F)c1)C1CC1. The summed E-state index contributed by atoms with van der Waals surface area (Å²) < 4.78 is 13.6. The minimum atomic E-state index is -0.441. The van der Waals surface area contributed by atoms with E-state index >= 15 is 0 Å². The lowest BCUT2D eigenvalue weighted by molar-refractivity contribution is 0.0950. The van der Waals surface area contributed by atoms with Gasteiger partial charge in [0.05, 0.1) is 4.47 Å². The Bertz CT molecular complexity index is 440. The van der Waals surface area contributed by atoms with Crippen molar-refractivity contribution in [1.82, 2.24) is 5.32 Å². The Balaban J connectivity index is 0.00000162. The van der Waals surface area contributed by atoms with Gasteiger partial charge in [0.25, 0.3) is 5.91 Å². The van der Waals surface area contributed by atoms with Crippen molar-refractivity contribution in [3.05, 3.63) is 34.1 Å². The van der Waals surface area contributed by atoms with E-state index in [0.717, 1.165) is 12.8 Å². The van der Waals surface area contributed by atoms with E-state index in [1.165, 1.54) is 12.1 Å². The second kappa shape index (κ2) is 6.50. The molecule has 18 heavy (non-hydrogen) atoms. The van der Waals surface area contributed by atoms with Gasteiger partial charge in [-0.05, 0) is 52.9 Å². The van der Waals surface area contributed by atoms with Crippen LogP contribution < -0.4 is 11.1 Å². The Morgan fingerprint density at radius 1 is 1.56 bits per heavy atom. The number of halogens is 3. The molecule has 100 valence electrons. The van der Waals surface area contributed by atoms with Crippen LogP contribution in [0.4, 0.5) is 4.39 Å². The second-order valence-corrected chi connectivity index (χ2v) is 5.19. The fourth-order valence-electron chi connectivity index (χ4n) is 1.64. The lowest BCUT2D eigenvalue weighted by Crippen LogP contribution is -2.38. The molecule has 1 amide bonds. The van der Waals surface area contributed by atoms with E-state index in [4.69, 9.17) is 5.73 Å². The molecular weight excluding hydrogens is 323 g/mol. The first-order chi connectivity index (χ1) is 8.08. The molecule has 1 saturated carbocycles. The Hall–Kier alpha value is -0.650. The van der Waals surface area contributed by atoms with Crippen LogP contribution >= 0.6 is 28.3 Å². The van der Waals surface area contributed by atoms with Gasteiger partial charge in [-0.3, -0.25) is 4.79 Å². The number of amides is 1. The molecule has 1 aromatic rings. The van der Waals surface area contributed by atoms with Gasteiger partial charge in [-0.25, -0.2) is 4.39 Å². The number of nitrogens with one attached hydrogen (secondary N) is 1. The number of hydrogen-bond donors (Lipinski definition) is 2. The summed E-state index contributed by atoms with van der Waals surface area (Å²) in [6.07, 6.45) is 2.29. The van der Waals surface area contributed by atoms with Gasteiger partial charge >= 0.3 is 0 Å². The molecular formula is C12H15BrClFN2O. The Labute approximate surface area is 120 Å². The fourth-order valence-corrected chi connectivity index (χ4v) is 1.89. The lowest BCUT2D eigenvalue weighted by atomic mass is 10.1. The minimum absolute atomic E-state index is 0. The van der Waals surface area contributed by atoms with E-state index in [0.29, 0.717) is 22.5 Å². The summed E-state index contributed by atoms with van der Waals surface area (Å²) in [4.78, 5) is 11.7. The number of nitrogens with two attached hydrogens (primary N) is 1. The molecule has 0 heterocycles. The van der Waals surface area contributed by atoms with Gasteiger partial charge in [0.1, 0.15) is 5.82 Å². The van der Waals surface area contributed by atoms with Crippen molar-refractivity contribution < 1.29 is 9.18 Å². The smallest absolute Gasteiger partial charge is 0.251 e. The summed E-state index contributed by atoms with van der Waals surface area (Å²) in [6, 6.07) is 4.32. The molecule has 0 radical (unpaired) electrons. The van der Waals surface area contributed by atoms with Crippen molar-refractivity contribution >= 4 is 34.2 Å². The highest BCUT2D eigenvalue weighted by Gasteiger charge is 2.28. The van der Waals surface area contributed by atoms with E-state index < -0.39 is 5.82 Å². The van der Waals surface area contributed by atoms with Gasteiger partial charge in [0.15, 0.2) is 0 Å². The molecule has 6 heteroatoms. The van der Waals surface area contributed by atoms with E-state index in [2.05, 4.69) is 21.2 Å². The van der Waals surface area contributed by atoms with Crippen LogP contribution in [-0.2, 0) is 0 Å². The highest BCUT2D eigenvalue weighted by atomic mass is 79.9. The maximum Gasteiger partial charge on any atom is 0.251 e. The monoisotopic (exact) mass is 336 g/mol. The van der Waals surface area contributed by atoms with Crippen molar-refractivity contribution in [3.8, 4) is 0 Å². The van der Waals surface area contributed by atoms with Gasteiger partial charge in [-0.1, -0.05) is 0 Å². The van der Waals surface area contributed by atoms with Gasteiger partial charge in [0.2, 0.25) is 0 Å². The van der Waals surface area contributed by atoms with Crippen molar-refractivity contribution in [1.29, 1.82) is 0 Å². The molecule has 2 rings (SSSR count). The summed E-state index contributed by atoms with van der Waals surface area (Å²) in [5.74, 6) is -0.186. The molecule has 0 aromatic heterocycles. The molecule has 3 nitrogen and oxygen atoms in total. The number of benzene rings is 1. The predicted molar refractivity (Wildman–Crippen MR) is 74.4 cm³/mol. The Morgan fingerprint density at radius 2 is 2.22 bits per heavy atom. The van der Waals surface area contributed by atoms with E-state index in [-0.39, 0.29) is 24.4 Å². The number of hydrogen-bond acceptors (Lipinski definition) is 2. The van der Waals surface area contributed by atoms with Crippen LogP contribution in [0.25, 0.3) is 0 Å². The van der Waals surface area contributed by atoms with E-state index in [9.17, 15) is 9.18 Å². The normalized spacial score (nSPS) is 15.7. The average Bonchev–Trinajstić information content (AvgIpc) is 3.13. The Kier molecular flexibility index (Phi) is 5.56. The van der Waals surface area contributed by atoms with Crippen molar-refractivity contribution in [3.63, 3.8) is 0 Å². The van der Waals surface area contributed by atoms with Crippen LogP contribution in [0.15, 0.2) is 22.7 Å². The zero-order valence-corrected chi connectivity index (χ0v) is 12.1. The standard InChI is InChI=1S/C12H14BrFN2O.ClH/c13-9-4-3-8(5-10(9)14)12(17)16-6-11(15)7-1-2-7;/h3-5,7,11H,1-2,6,15H2,(H,16,17);1H. The molecule has 1 unspecified atom stereocenters. The summed E-state index contributed by atoms with van der Waals surface area (Å²) in [7, 11) is 0. The van der Waals surface area contributed by atoms with Gasteiger partial charge in [-0.2, -0.15) is 0 Å². The average molecular weight is 338 g/mol. The van der Waals surface area contributed by atoms with Crippen LogP contribution in [0.1, 0.15) is 23.2 Å². The van der Waals surface area contributed by atoms with Crippen LogP contribution in [0.5, 0.6) is 0 Å². The highest BCUT2D eigenvalue weighted by Crippen LogP contribution is 2.31. The molecule has 1 fully saturated rings. The molecule has 0 saturated heterocycles. The van der Waals surface area contributed by atoms with E-state index in [1.807, 2.05) is 0 Å². The van der Waals surface area contributed by atoms with Crippen molar-refractivity contribution in [2.75, 3.05) is 6.54 Å². The van der Waals surface area contributed by atoms with Crippen LogP contribution in [0, 0.1) is 11.7 Å². The van der Waals surface area contributed by atoms with Gasteiger partial charge < -0.3 is 11.1 Å². The number of carbonyl (C=O) groups is 1. The molecule has 3 N–H and O–H groups in total. The summed E-state index contributed by atoms with van der Waals surface area (Å²) in [5.41, 5.74) is 6.18. The quantitative estimate of drug-likeness (QED) is 0.887. The minimum Gasteiger partial charge on any atom is -0.350 e. The molecule has 0 aliphatic heterocycles. The molecule has 1 aliphatic carbocycles. The molecule has 0 spiro atoms. The zero-order valence-electron chi connectivity index (χ0n) is 9.66. The largest absolute Gasteiger partial charge is 0.350 e. The maximum absolute atomic E-state index is 13.2. The predicted octanol–water partition coefficient (Wildman–Crippen LogP) is 2.48. The third kappa shape index (κ3) is 3.93. The first-order valence-electron chi connectivity index (χ1n) is 5.57. The summed E-state index contributed by atoms with van der Waals surface area (Å²) in [5, 5.41) is 2.72. The van der Waals surface area contributed by atoms with Crippen molar-refractivity contribution in [2.24, 2.45) is 11.7 Å². The number of rotatable bonds is 4. The molecule has 1 aromatic carbocycles. The second-order valence-electron chi connectivity index (χ2n) is 4.34. The van der Waals surface area contributed by atoms with Gasteiger partial charge in [0, 0.05) is 18.2 Å². The summed E-state index contributed by atoms with van der Waals surface area (Å²) in [6.45, 7) is 0.446. The Morgan fingerprint density at radius 3 is 2.78 bits per heavy atom. The molecule has 0 bridgehead atoms. The first kappa shape index (κ1) is 15.4. The van der Waals surface area contributed by atoms with Gasteiger partial charge in [-0.15, -0.1) is 12.4 Å². The first-order valence-corrected chi connectivity index (χ1v) is 6.36.